The Morgan fingerprint density at radius 1 is 0.909 bits per heavy atom. The van der Waals surface area contributed by atoms with Crippen molar-refractivity contribution in [1.29, 1.82) is 0 Å². The summed E-state index contributed by atoms with van der Waals surface area (Å²) in [5.74, 6) is 0. The quantitative estimate of drug-likeness (QED) is 0.666. The molecule has 0 aliphatic carbocycles. The van der Waals surface area contributed by atoms with Crippen LogP contribution in [0.25, 0.3) is 11.1 Å². The summed E-state index contributed by atoms with van der Waals surface area (Å²) in [5, 5.41) is 0.741. The summed E-state index contributed by atoms with van der Waals surface area (Å²) in [7, 11) is 1.70. The molecule has 0 N–H and O–H groups in total. The molecule has 1 aromatic heterocycles. The van der Waals surface area contributed by atoms with Crippen LogP contribution in [0.1, 0.15) is 17.4 Å². The second-order valence-corrected chi connectivity index (χ2v) is 5.44. The fourth-order valence-electron chi connectivity index (χ4n) is 2.48. The maximum Gasteiger partial charge on any atom is 0.124 e. The van der Waals surface area contributed by atoms with Crippen LogP contribution in [0.3, 0.4) is 0 Å². The zero-order valence-electron chi connectivity index (χ0n) is 12.2. The van der Waals surface area contributed by atoms with Crippen LogP contribution in [-0.4, -0.2) is 12.1 Å². The molecule has 0 fully saturated rings. The number of methoxy groups -OCH3 is 1. The van der Waals surface area contributed by atoms with Crippen LogP contribution in [0.15, 0.2) is 72.9 Å². The van der Waals surface area contributed by atoms with E-state index in [-0.39, 0.29) is 6.10 Å². The van der Waals surface area contributed by atoms with Crippen molar-refractivity contribution < 1.29 is 4.74 Å². The first-order valence-electron chi connectivity index (χ1n) is 7.07. The van der Waals surface area contributed by atoms with Crippen LogP contribution >= 0.6 is 11.6 Å². The average Bonchev–Trinajstić information content (AvgIpc) is 2.57. The van der Waals surface area contributed by atoms with Crippen LogP contribution < -0.4 is 0 Å². The maximum absolute atomic E-state index is 6.05. The smallest absolute Gasteiger partial charge is 0.124 e. The normalized spacial score (nSPS) is 12.1. The zero-order valence-corrected chi connectivity index (χ0v) is 13.0. The molecule has 0 saturated carbocycles. The van der Waals surface area contributed by atoms with Gasteiger partial charge in [-0.05, 0) is 41.0 Å². The molecule has 0 amide bonds. The van der Waals surface area contributed by atoms with Crippen molar-refractivity contribution in [1.82, 2.24) is 4.98 Å². The Kier molecular flexibility index (Phi) is 4.52. The first kappa shape index (κ1) is 14.8. The van der Waals surface area contributed by atoms with Gasteiger partial charge in [0.25, 0.3) is 0 Å². The lowest BCUT2D eigenvalue weighted by Gasteiger charge is -2.15. The second kappa shape index (κ2) is 6.73. The first-order chi connectivity index (χ1) is 10.8. The van der Waals surface area contributed by atoms with Crippen molar-refractivity contribution in [2.75, 3.05) is 7.11 Å². The average molecular weight is 310 g/mol. The van der Waals surface area contributed by atoms with E-state index in [9.17, 15) is 0 Å². The third-order valence-electron chi connectivity index (χ3n) is 3.56. The highest BCUT2D eigenvalue weighted by atomic mass is 35.5. The number of nitrogens with zero attached hydrogens (tertiary/aromatic N) is 1. The van der Waals surface area contributed by atoms with Gasteiger partial charge in [-0.2, -0.15) is 0 Å². The van der Waals surface area contributed by atoms with Crippen molar-refractivity contribution in [2.24, 2.45) is 0 Å². The van der Waals surface area contributed by atoms with E-state index in [4.69, 9.17) is 16.3 Å². The van der Waals surface area contributed by atoms with E-state index < -0.39 is 0 Å². The number of benzene rings is 2. The molecular weight excluding hydrogens is 294 g/mol. The molecule has 0 bridgehead atoms. The molecule has 3 aromatic rings. The molecule has 0 spiro atoms. The van der Waals surface area contributed by atoms with Crippen LogP contribution in [0, 0.1) is 0 Å². The van der Waals surface area contributed by atoms with Crippen LogP contribution in [-0.2, 0) is 4.74 Å². The van der Waals surface area contributed by atoms with Crippen molar-refractivity contribution in [3.05, 3.63) is 89.2 Å². The summed E-state index contributed by atoms with van der Waals surface area (Å²) in [4.78, 5) is 4.38. The van der Waals surface area contributed by atoms with Crippen LogP contribution in [0.4, 0.5) is 0 Å². The maximum atomic E-state index is 6.05. The van der Waals surface area contributed by atoms with E-state index in [2.05, 4.69) is 29.2 Å². The predicted molar refractivity (Wildman–Crippen MR) is 90.0 cm³/mol. The minimum atomic E-state index is -0.158. The van der Waals surface area contributed by atoms with Gasteiger partial charge in [0.05, 0.1) is 5.69 Å². The van der Waals surface area contributed by atoms with Gasteiger partial charge >= 0.3 is 0 Å². The van der Waals surface area contributed by atoms with Crippen LogP contribution in [0.2, 0.25) is 5.02 Å². The third-order valence-corrected chi connectivity index (χ3v) is 3.80. The predicted octanol–water partition coefficient (Wildman–Crippen LogP) is 5.14. The molecule has 2 nitrogen and oxygen atoms in total. The third kappa shape index (κ3) is 3.19. The molecule has 1 heterocycles. The number of aromatic nitrogens is 1. The molecule has 3 rings (SSSR count). The number of halogens is 1. The van der Waals surface area contributed by atoms with Crippen molar-refractivity contribution in [3.8, 4) is 11.1 Å². The summed E-state index contributed by atoms with van der Waals surface area (Å²) < 4.78 is 5.60. The highest BCUT2D eigenvalue weighted by molar-refractivity contribution is 6.30. The number of pyridine rings is 1. The number of hydrogen-bond donors (Lipinski definition) is 0. The minimum absolute atomic E-state index is 0.158. The fourth-order valence-corrected chi connectivity index (χ4v) is 2.67. The Labute approximate surface area is 135 Å². The van der Waals surface area contributed by atoms with E-state index >= 15 is 0 Å². The van der Waals surface area contributed by atoms with E-state index in [1.54, 1.807) is 13.3 Å². The monoisotopic (exact) mass is 309 g/mol. The number of hydrogen-bond acceptors (Lipinski definition) is 2. The van der Waals surface area contributed by atoms with E-state index in [1.807, 2.05) is 42.5 Å². The molecule has 1 atom stereocenters. The largest absolute Gasteiger partial charge is 0.370 e. The highest BCUT2D eigenvalue weighted by Gasteiger charge is 2.14. The van der Waals surface area contributed by atoms with Gasteiger partial charge in [-0.15, -0.1) is 0 Å². The molecule has 0 saturated heterocycles. The zero-order chi connectivity index (χ0) is 15.4. The van der Waals surface area contributed by atoms with Gasteiger partial charge in [0.15, 0.2) is 0 Å². The Hall–Kier alpha value is -2.16. The fraction of sp³-hybridized carbons (Fsp3) is 0.105. The Bertz CT molecular complexity index is 741. The number of ether oxygens (including phenoxy) is 1. The number of rotatable bonds is 4. The molecule has 0 aliphatic rings. The van der Waals surface area contributed by atoms with Gasteiger partial charge in [0.2, 0.25) is 0 Å². The molecule has 3 heteroatoms. The Balaban J connectivity index is 1.90. The summed E-state index contributed by atoms with van der Waals surface area (Å²) in [5.41, 5.74) is 4.21. The van der Waals surface area contributed by atoms with Crippen molar-refractivity contribution >= 4 is 11.6 Å². The van der Waals surface area contributed by atoms with Crippen molar-refractivity contribution in [2.45, 2.75) is 6.10 Å². The molecule has 0 aliphatic heterocycles. The van der Waals surface area contributed by atoms with E-state index in [0.717, 1.165) is 27.4 Å². The van der Waals surface area contributed by atoms with Gasteiger partial charge in [0, 0.05) is 18.3 Å². The van der Waals surface area contributed by atoms with Gasteiger partial charge < -0.3 is 4.74 Å². The Morgan fingerprint density at radius 3 is 2.36 bits per heavy atom. The molecule has 0 radical (unpaired) electrons. The lowest BCUT2D eigenvalue weighted by Crippen LogP contribution is -2.05. The van der Waals surface area contributed by atoms with Crippen molar-refractivity contribution in [3.63, 3.8) is 0 Å². The highest BCUT2D eigenvalue weighted by Crippen LogP contribution is 2.27. The molecule has 1 unspecified atom stereocenters. The SMILES string of the molecule is COC(c1ccc(-c2cccc(Cl)c2)cc1)c1ccccn1. The van der Waals surface area contributed by atoms with E-state index in [0.29, 0.717) is 0 Å². The van der Waals surface area contributed by atoms with Gasteiger partial charge in [-0.1, -0.05) is 54.1 Å². The molecule has 2 aromatic carbocycles. The second-order valence-electron chi connectivity index (χ2n) is 5.00. The summed E-state index contributed by atoms with van der Waals surface area (Å²) >= 11 is 6.05. The minimum Gasteiger partial charge on any atom is -0.370 e. The summed E-state index contributed by atoms with van der Waals surface area (Å²) in [6, 6.07) is 22.0. The molecular formula is C19H16ClNO. The standard InChI is InChI=1S/C19H16ClNO/c1-22-19(18-7-2-3-12-21-18)15-10-8-14(9-11-15)16-5-4-6-17(20)13-16/h2-13,19H,1H3. The van der Waals surface area contributed by atoms with Crippen LogP contribution in [0.5, 0.6) is 0 Å². The molecule has 22 heavy (non-hydrogen) atoms. The summed E-state index contributed by atoms with van der Waals surface area (Å²) in [6.07, 6.45) is 1.62. The molecule has 110 valence electrons. The van der Waals surface area contributed by atoms with Gasteiger partial charge in [-0.3, -0.25) is 4.98 Å². The Morgan fingerprint density at radius 2 is 1.73 bits per heavy atom. The lowest BCUT2D eigenvalue weighted by molar-refractivity contribution is 0.133. The van der Waals surface area contributed by atoms with Gasteiger partial charge in [-0.25, -0.2) is 0 Å². The summed E-state index contributed by atoms with van der Waals surface area (Å²) in [6.45, 7) is 0. The first-order valence-corrected chi connectivity index (χ1v) is 7.45. The van der Waals surface area contributed by atoms with E-state index in [1.165, 1.54) is 0 Å². The lowest BCUT2D eigenvalue weighted by atomic mass is 10.0. The topological polar surface area (TPSA) is 22.1 Å². The van der Waals surface area contributed by atoms with Gasteiger partial charge in [0.1, 0.15) is 6.10 Å².